The Balaban J connectivity index is 2.01. The van der Waals surface area contributed by atoms with Crippen LogP contribution >= 0.6 is 11.6 Å². The molecule has 1 amide bonds. The summed E-state index contributed by atoms with van der Waals surface area (Å²) in [6.07, 6.45) is 9.18. The molecule has 1 aliphatic rings. The molecule has 1 aromatic carbocycles. The number of amides is 1. The van der Waals surface area contributed by atoms with E-state index >= 15 is 0 Å². The number of hydrogen-bond donors (Lipinski definition) is 0. The first-order valence-corrected chi connectivity index (χ1v) is 7.41. The average molecular weight is 308 g/mol. The molecule has 0 N–H and O–H groups in total. The van der Waals surface area contributed by atoms with Crippen molar-refractivity contribution in [3.8, 4) is 23.8 Å². The van der Waals surface area contributed by atoms with Crippen LogP contribution < -0.4 is 9.47 Å². The van der Waals surface area contributed by atoms with Crippen LogP contribution in [0.1, 0.15) is 25.7 Å². The largest absolute Gasteiger partial charge is 0.479 e. The van der Waals surface area contributed by atoms with Crippen LogP contribution in [0, 0.1) is 12.3 Å². The Kier molecular flexibility index (Phi) is 5.77. The van der Waals surface area contributed by atoms with E-state index in [2.05, 4.69) is 5.92 Å². The highest BCUT2D eigenvalue weighted by Gasteiger charge is 2.18. The number of carbonyl (C=O) groups is 1. The predicted molar refractivity (Wildman–Crippen MR) is 81.8 cm³/mol. The van der Waals surface area contributed by atoms with Gasteiger partial charge in [0.2, 0.25) is 0 Å². The molecule has 0 aliphatic carbocycles. The van der Waals surface area contributed by atoms with E-state index in [-0.39, 0.29) is 12.7 Å². The number of nitrogens with zero attached hydrogens (tertiary/aromatic N) is 1. The molecule has 0 spiro atoms. The van der Waals surface area contributed by atoms with Gasteiger partial charge in [-0.2, -0.15) is 0 Å². The first kappa shape index (κ1) is 15.5. The number of rotatable bonds is 3. The van der Waals surface area contributed by atoms with Gasteiger partial charge in [0.15, 0.2) is 0 Å². The van der Waals surface area contributed by atoms with Crippen molar-refractivity contribution in [2.24, 2.45) is 0 Å². The van der Waals surface area contributed by atoms with Crippen LogP contribution in [0.15, 0.2) is 18.2 Å². The molecule has 1 aromatic rings. The number of halogens is 1. The summed E-state index contributed by atoms with van der Waals surface area (Å²) in [4.78, 5) is 13.9. The highest BCUT2D eigenvalue weighted by Crippen LogP contribution is 2.29. The summed E-state index contributed by atoms with van der Waals surface area (Å²) in [6, 6.07) is 4.84. The van der Waals surface area contributed by atoms with Gasteiger partial charge in [-0.1, -0.05) is 30.4 Å². The van der Waals surface area contributed by atoms with Gasteiger partial charge in [0, 0.05) is 19.2 Å². The number of hydrogen-bond acceptors (Lipinski definition) is 3. The molecular formula is C16H18ClNO3. The highest BCUT2D eigenvalue weighted by molar-refractivity contribution is 6.32. The van der Waals surface area contributed by atoms with Crippen LogP contribution in [0.5, 0.6) is 11.5 Å². The third-order valence-electron chi connectivity index (χ3n) is 3.28. The molecule has 0 saturated carbocycles. The van der Waals surface area contributed by atoms with Crippen LogP contribution in [-0.2, 0) is 0 Å². The first-order valence-electron chi connectivity index (χ1n) is 7.03. The van der Waals surface area contributed by atoms with Gasteiger partial charge < -0.3 is 14.4 Å². The maximum atomic E-state index is 12.1. The van der Waals surface area contributed by atoms with E-state index in [9.17, 15) is 4.79 Å². The topological polar surface area (TPSA) is 38.8 Å². The molecule has 21 heavy (non-hydrogen) atoms. The lowest BCUT2D eigenvalue weighted by Crippen LogP contribution is -2.34. The monoisotopic (exact) mass is 307 g/mol. The van der Waals surface area contributed by atoms with Crippen LogP contribution in [0.25, 0.3) is 0 Å². The lowest BCUT2D eigenvalue weighted by molar-refractivity contribution is 0.154. The maximum absolute atomic E-state index is 12.1. The molecule has 1 aliphatic heterocycles. The number of benzene rings is 1. The second-order valence-corrected chi connectivity index (χ2v) is 5.26. The van der Waals surface area contributed by atoms with Crippen molar-refractivity contribution in [3.63, 3.8) is 0 Å². The fourth-order valence-corrected chi connectivity index (χ4v) is 2.37. The fraction of sp³-hybridized carbons (Fsp3) is 0.438. The molecular weight excluding hydrogens is 290 g/mol. The normalized spacial score (nSPS) is 15.0. The smallest absolute Gasteiger partial charge is 0.415 e. The van der Waals surface area contributed by atoms with E-state index in [1.54, 1.807) is 23.1 Å². The molecule has 1 heterocycles. The summed E-state index contributed by atoms with van der Waals surface area (Å²) in [6.45, 7) is 1.60. The minimum absolute atomic E-state index is 0.114. The van der Waals surface area contributed by atoms with Gasteiger partial charge in [0.1, 0.15) is 18.1 Å². The van der Waals surface area contributed by atoms with E-state index < -0.39 is 0 Å². The summed E-state index contributed by atoms with van der Waals surface area (Å²) in [7, 11) is 0. The molecule has 2 rings (SSSR count). The van der Waals surface area contributed by atoms with Gasteiger partial charge in [-0.3, -0.25) is 0 Å². The fourth-order valence-electron chi connectivity index (χ4n) is 2.20. The zero-order valence-electron chi connectivity index (χ0n) is 11.8. The van der Waals surface area contributed by atoms with E-state index in [0.29, 0.717) is 16.5 Å². The van der Waals surface area contributed by atoms with Crippen molar-refractivity contribution in [1.29, 1.82) is 0 Å². The lowest BCUT2D eigenvalue weighted by atomic mass is 10.2. The Bertz CT molecular complexity index is 531. The van der Waals surface area contributed by atoms with Crippen LogP contribution in [0.2, 0.25) is 5.02 Å². The molecule has 1 saturated heterocycles. The van der Waals surface area contributed by atoms with Crippen molar-refractivity contribution in [1.82, 2.24) is 4.90 Å². The summed E-state index contributed by atoms with van der Waals surface area (Å²) in [5.74, 6) is 3.18. The van der Waals surface area contributed by atoms with Crippen molar-refractivity contribution in [2.75, 3.05) is 19.7 Å². The van der Waals surface area contributed by atoms with Gasteiger partial charge in [-0.25, -0.2) is 4.79 Å². The second kappa shape index (κ2) is 7.80. The standard InChI is InChI=1S/C16H18ClNO3/c1-2-11-20-15-12-13(7-8-14(15)17)21-16(19)18-9-5-3-4-6-10-18/h1,7-8,12H,3-6,9-11H2. The van der Waals surface area contributed by atoms with Gasteiger partial charge in [0.25, 0.3) is 0 Å². The van der Waals surface area contributed by atoms with E-state index in [1.165, 1.54) is 0 Å². The molecule has 0 atom stereocenters. The zero-order valence-corrected chi connectivity index (χ0v) is 12.6. The molecule has 0 bridgehead atoms. The molecule has 5 heteroatoms. The van der Waals surface area contributed by atoms with Crippen molar-refractivity contribution >= 4 is 17.7 Å². The third-order valence-corrected chi connectivity index (χ3v) is 3.60. The molecule has 0 unspecified atom stereocenters. The van der Waals surface area contributed by atoms with Crippen LogP contribution in [-0.4, -0.2) is 30.7 Å². The zero-order chi connectivity index (χ0) is 15.1. The molecule has 1 fully saturated rings. The molecule has 0 radical (unpaired) electrons. The number of terminal acetylenes is 1. The van der Waals surface area contributed by atoms with Crippen molar-refractivity contribution < 1.29 is 14.3 Å². The predicted octanol–water partition coefficient (Wildman–Crippen LogP) is 3.73. The van der Waals surface area contributed by atoms with E-state index in [4.69, 9.17) is 27.5 Å². The van der Waals surface area contributed by atoms with E-state index in [0.717, 1.165) is 38.8 Å². The third kappa shape index (κ3) is 4.57. The van der Waals surface area contributed by atoms with Crippen molar-refractivity contribution in [3.05, 3.63) is 23.2 Å². The Morgan fingerprint density at radius 3 is 2.67 bits per heavy atom. The SMILES string of the molecule is C#CCOc1cc(OC(=O)N2CCCCCC2)ccc1Cl. The highest BCUT2D eigenvalue weighted by atomic mass is 35.5. The average Bonchev–Trinajstić information content (AvgIpc) is 2.77. The van der Waals surface area contributed by atoms with Crippen LogP contribution in [0.4, 0.5) is 4.79 Å². The number of likely N-dealkylation sites (tertiary alicyclic amines) is 1. The lowest BCUT2D eigenvalue weighted by Gasteiger charge is -2.19. The molecule has 4 nitrogen and oxygen atoms in total. The summed E-state index contributed by atoms with van der Waals surface area (Å²) in [5.41, 5.74) is 0. The number of ether oxygens (including phenoxy) is 2. The van der Waals surface area contributed by atoms with E-state index in [1.807, 2.05) is 0 Å². The van der Waals surface area contributed by atoms with Gasteiger partial charge in [-0.05, 0) is 25.0 Å². The minimum atomic E-state index is -0.331. The van der Waals surface area contributed by atoms with Gasteiger partial charge >= 0.3 is 6.09 Å². The van der Waals surface area contributed by atoms with Gasteiger partial charge in [-0.15, -0.1) is 6.42 Å². The maximum Gasteiger partial charge on any atom is 0.415 e. The minimum Gasteiger partial charge on any atom is -0.479 e. The summed E-state index contributed by atoms with van der Waals surface area (Å²) >= 11 is 5.99. The Hall–Kier alpha value is -1.86. The summed E-state index contributed by atoms with van der Waals surface area (Å²) in [5, 5.41) is 0.430. The Labute approximate surface area is 130 Å². The van der Waals surface area contributed by atoms with Crippen molar-refractivity contribution in [2.45, 2.75) is 25.7 Å². The summed E-state index contributed by atoms with van der Waals surface area (Å²) < 4.78 is 10.7. The van der Waals surface area contributed by atoms with Crippen LogP contribution in [0.3, 0.4) is 0 Å². The Morgan fingerprint density at radius 2 is 2.00 bits per heavy atom. The van der Waals surface area contributed by atoms with Gasteiger partial charge in [0.05, 0.1) is 5.02 Å². The number of carbonyl (C=O) groups excluding carboxylic acids is 1. The molecule has 112 valence electrons. The quantitative estimate of drug-likeness (QED) is 0.799. The first-order chi connectivity index (χ1) is 10.2. The molecule has 0 aromatic heterocycles. The second-order valence-electron chi connectivity index (χ2n) is 4.85. The Morgan fingerprint density at radius 1 is 1.29 bits per heavy atom.